The molecule has 0 saturated heterocycles. The second-order valence-corrected chi connectivity index (χ2v) is 8.72. The SMILES string of the molecule is CCCCOc1cc(C(C)(C)CC)c(OCCCC)cc1C(C)(C)CC. The van der Waals surface area contributed by atoms with Gasteiger partial charge in [0.2, 0.25) is 0 Å². The molecule has 0 heterocycles. The second-order valence-electron chi connectivity index (χ2n) is 8.72. The molecule has 0 N–H and O–H groups in total. The predicted molar refractivity (Wildman–Crippen MR) is 114 cm³/mol. The van der Waals surface area contributed by atoms with Gasteiger partial charge in [-0.25, -0.2) is 0 Å². The van der Waals surface area contributed by atoms with E-state index >= 15 is 0 Å². The Labute approximate surface area is 162 Å². The quantitative estimate of drug-likeness (QED) is 0.360. The first kappa shape index (κ1) is 22.9. The summed E-state index contributed by atoms with van der Waals surface area (Å²) in [5.74, 6) is 2.09. The Bertz CT molecular complexity index is 494. The van der Waals surface area contributed by atoms with Gasteiger partial charge in [0.25, 0.3) is 0 Å². The monoisotopic (exact) mass is 362 g/mol. The lowest BCUT2D eigenvalue weighted by Gasteiger charge is -2.32. The standard InChI is InChI=1S/C24H42O2/c1-9-13-15-25-21-17-20(24(7,8)12-4)22(26-16-14-10-2)18-19(21)23(5,6)11-3/h17-18H,9-16H2,1-8H3. The molecule has 0 spiro atoms. The third-order valence-electron chi connectivity index (χ3n) is 5.82. The number of hydrogen-bond donors (Lipinski definition) is 0. The van der Waals surface area contributed by atoms with Crippen molar-refractivity contribution in [3.05, 3.63) is 23.3 Å². The van der Waals surface area contributed by atoms with Gasteiger partial charge < -0.3 is 9.47 Å². The summed E-state index contributed by atoms with van der Waals surface area (Å²) < 4.78 is 12.5. The normalized spacial score (nSPS) is 12.3. The number of hydrogen-bond acceptors (Lipinski definition) is 2. The summed E-state index contributed by atoms with van der Waals surface area (Å²) in [7, 11) is 0. The average molecular weight is 363 g/mol. The van der Waals surface area contributed by atoms with Crippen molar-refractivity contribution < 1.29 is 9.47 Å². The predicted octanol–water partition coefficient (Wildman–Crippen LogP) is 7.42. The van der Waals surface area contributed by atoms with Gasteiger partial charge in [-0.1, -0.05) is 68.2 Å². The first-order chi connectivity index (χ1) is 12.2. The molecule has 1 rings (SSSR count). The zero-order valence-electron chi connectivity index (χ0n) is 18.6. The van der Waals surface area contributed by atoms with E-state index in [9.17, 15) is 0 Å². The van der Waals surface area contributed by atoms with Crippen molar-refractivity contribution in [1.29, 1.82) is 0 Å². The molecule has 0 fully saturated rings. The fourth-order valence-electron chi connectivity index (χ4n) is 2.89. The van der Waals surface area contributed by atoms with Crippen LogP contribution in [0.2, 0.25) is 0 Å². The number of ether oxygens (including phenoxy) is 2. The van der Waals surface area contributed by atoms with Crippen LogP contribution in [0, 0.1) is 0 Å². The second kappa shape index (κ2) is 10.2. The number of benzene rings is 1. The first-order valence-electron chi connectivity index (χ1n) is 10.7. The van der Waals surface area contributed by atoms with E-state index in [1.807, 2.05) is 0 Å². The van der Waals surface area contributed by atoms with Gasteiger partial charge in [-0.05, 0) is 48.6 Å². The van der Waals surface area contributed by atoms with Gasteiger partial charge >= 0.3 is 0 Å². The molecule has 0 unspecified atom stereocenters. The molecule has 0 atom stereocenters. The van der Waals surface area contributed by atoms with E-state index in [2.05, 4.69) is 67.5 Å². The Hall–Kier alpha value is -1.18. The summed E-state index contributed by atoms with van der Waals surface area (Å²) in [6, 6.07) is 4.54. The highest BCUT2D eigenvalue weighted by atomic mass is 16.5. The van der Waals surface area contributed by atoms with Gasteiger partial charge in [0.15, 0.2) is 0 Å². The van der Waals surface area contributed by atoms with Crippen molar-refractivity contribution in [2.24, 2.45) is 0 Å². The molecule has 0 aliphatic rings. The van der Waals surface area contributed by atoms with Crippen molar-refractivity contribution >= 4 is 0 Å². The van der Waals surface area contributed by atoms with E-state index in [0.29, 0.717) is 0 Å². The molecule has 0 aliphatic heterocycles. The molecule has 0 amide bonds. The third-order valence-corrected chi connectivity index (χ3v) is 5.82. The Balaban J connectivity index is 3.43. The molecule has 2 heteroatoms. The van der Waals surface area contributed by atoms with Gasteiger partial charge in [-0.2, -0.15) is 0 Å². The van der Waals surface area contributed by atoms with E-state index in [0.717, 1.165) is 63.2 Å². The maximum Gasteiger partial charge on any atom is 0.123 e. The van der Waals surface area contributed by atoms with Gasteiger partial charge in [-0.15, -0.1) is 0 Å². The van der Waals surface area contributed by atoms with E-state index < -0.39 is 0 Å². The molecular weight excluding hydrogens is 320 g/mol. The molecule has 0 aromatic heterocycles. The highest BCUT2D eigenvalue weighted by molar-refractivity contribution is 5.52. The Morgan fingerprint density at radius 1 is 0.654 bits per heavy atom. The van der Waals surface area contributed by atoms with Crippen molar-refractivity contribution in [3.63, 3.8) is 0 Å². The molecule has 150 valence electrons. The van der Waals surface area contributed by atoms with Crippen LogP contribution in [-0.2, 0) is 10.8 Å². The van der Waals surface area contributed by atoms with Crippen molar-refractivity contribution in [2.45, 2.75) is 105 Å². The molecule has 0 bridgehead atoms. The average Bonchev–Trinajstić information content (AvgIpc) is 2.62. The number of rotatable bonds is 12. The molecular formula is C24H42O2. The van der Waals surface area contributed by atoms with Crippen LogP contribution in [0.3, 0.4) is 0 Å². The van der Waals surface area contributed by atoms with Crippen LogP contribution in [0.5, 0.6) is 11.5 Å². The molecule has 0 radical (unpaired) electrons. The lowest BCUT2D eigenvalue weighted by molar-refractivity contribution is 0.284. The minimum absolute atomic E-state index is 0.0688. The van der Waals surface area contributed by atoms with E-state index in [1.54, 1.807) is 0 Å². The molecule has 1 aromatic rings. The Morgan fingerprint density at radius 3 is 1.27 bits per heavy atom. The van der Waals surface area contributed by atoms with Gasteiger partial charge in [0.05, 0.1) is 13.2 Å². The molecule has 0 aliphatic carbocycles. The molecule has 1 aromatic carbocycles. The minimum Gasteiger partial charge on any atom is -0.493 e. The fourth-order valence-corrected chi connectivity index (χ4v) is 2.89. The highest BCUT2D eigenvalue weighted by Gasteiger charge is 2.29. The summed E-state index contributed by atoms with van der Waals surface area (Å²) in [5, 5.41) is 0. The van der Waals surface area contributed by atoms with E-state index in [-0.39, 0.29) is 10.8 Å². The van der Waals surface area contributed by atoms with Crippen LogP contribution in [0.1, 0.15) is 105 Å². The zero-order valence-corrected chi connectivity index (χ0v) is 18.6. The van der Waals surface area contributed by atoms with Crippen LogP contribution < -0.4 is 9.47 Å². The first-order valence-corrected chi connectivity index (χ1v) is 10.7. The van der Waals surface area contributed by atoms with Gasteiger partial charge in [-0.3, -0.25) is 0 Å². The lowest BCUT2D eigenvalue weighted by atomic mass is 9.77. The molecule has 2 nitrogen and oxygen atoms in total. The van der Waals surface area contributed by atoms with Crippen LogP contribution in [-0.4, -0.2) is 13.2 Å². The van der Waals surface area contributed by atoms with Crippen molar-refractivity contribution in [2.75, 3.05) is 13.2 Å². The van der Waals surface area contributed by atoms with Crippen LogP contribution in [0.25, 0.3) is 0 Å². The van der Waals surface area contributed by atoms with E-state index in [4.69, 9.17) is 9.47 Å². The summed E-state index contributed by atoms with van der Waals surface area (Å²) in [6.07, 6.45) is 6.63. The van der Waals surface area contributed by atoms with Crippen LogP contribution >= 0.6 is 0 Å². The fraction of sp³-hybridized carbons (Fsp3) is 0.750. The topological polar surface area (TPSA) is 18.5 Å². The number of unbranched alkanes of at least 4 members (excludes halogenated alkanes) is 2. The summed E-state index contributed by atoms with van der Waals surface area (Å²) in [5.41, 5.74) is 2.69. The Morgan fingerprint density at radius 2 is 1.00 bits per heavy atom. The Kier molecular flexibility index (Phi) is 9.00. The van der Waals surface area contributed by atoms with Crippen LogP contribution in [0.4, 0.5) is 0 Å². The molecule has 0 saturated carbocycles. The van der Waals surface area contributed by atoms with Gasteiger partial charge in [0, 0.05) is 11.1 Å². The molecule has 26 heavy (non-hydrogen) atoms. The van der Waals surface area contributed by atoms with Crippen molar-refractivity contribution in [3.8, 4) is 11.5 Å². The van der Waals surface area contributed by atoms with E-state index in [1.165, 1.54) is 11.1 Å². The smallest absolute Gasteiger partial charge is 0.123 e. The summed E-state index contributed by atoms with van der Waals surface area (Å²) in [6.45, 7) is 19.7. The van der Waals surface area contributed by atoms with Crippen molar-refractivity contribution in [1.82, 2.24) is 0 Å². The maximum atomic E-state index is 6.27. The third kappa shape index (κ3) is 5.93. The summed E-state index contributed by atoms with van der Waals surface area (Å²) >= 11 is 0. The largest absolute Gasteiger partial charge is 0.493 e. The maximum absolute atomic E-state index is 6.27. The summed E-state index contributed by atoms with van der Waals surface area (Å²) in [4.78, 5) is 0. The van der Waals surface area contributed by atoms with Gasteiger partial charge in [0.1, 0.15) is 11.5 Å². The van der Waals surface area contributed by atoms with Crippen LogP contribution in [0.15, 0.2) is 12.1 Å². The minimum atomic E-state index is 0.0688. The zero-order chi connectivity index (χ0) is 19.8. The highest BCUT2D eigenvalue weighted by Crippen LogP contribution is 2.43. The lowest BCUT2D eigenvalue weighted by Crippen LogP contribution is -2.22.